The zero-order valence-electron chi connectivity index (χ0n) is 22.1. The second-order valence-electron chi connectivity index (χ2n) is 9.85. The van der Waals surface area contributed by atoms with Crippen LogP contribution in [0.3, 0.4) is 0 Å². The minimum absolute atomic E-state index is 0.0283. The summed E-state index contributed by atoms with van der Waals surface area (Å²) < 4.78 is 3.10. The maximum Gasteiger partial charge on any atom is 0.274 e. The Labute approximate surface area is 240 Å². The molecule has 11 nitrogen and oxygen atoms in total. The average Bonchev–Trinajstić information content (AvgIpc) is 3.62. The third kappa shape index (κ3) is 5.90. The molecule has 12 heteroatoms. The summed E-state index contributed by atoms with van der Waals surface area (Å²) >= 11 is 5.94. The Morgan fingerprint density at radius 1 is 0.976 bits per heavy atom. The smallest absolute Gasteiger partial charge is 0.274 e. The van der Waals surface area contributed by atoms with Crippen LogP contribution in [0.2, 0.25) is 5.02 Å². The molecule has 3 aromatic heterocycles. The lowest BCUT2D eigenvalue weighted by molar-refractivity contribution is -0.138. The van der Waals surface area contributed by atoms with Crippen LogP contribution in [0.1, 0.15) is 23.3 Å². The summed E-state index contributed by atoms with van der Waals surface area (Å²) in [5.74, 6) is 0.0680. The summed E-state index contributed by atoms with van der Waals surface area (Å²) in [4.78, 5) is 46.5. The fraction of sp³-hybridized carbons (Fsp3) is 0.241. The van der Waals surface area contributed by atoms with E-state index in [9.17, 15) is 14.4 Å². The van der Waals surface area contributed by atoms with Crippen LogP contribution in [0, 0.1) is 0 Å². The predicted molar refractivity (Wildman–Crippen MR) is 154 cm³/mol. The zero-order chi connectivity index (χ0) is 28.3. The van der Waals surface area contributed by atoms with Crippen molar-refractivity contribution in [3.63, 3.8) is 0 Å². The van der Waals surface area contributed by atoms with Crippen LogP contribution in [-0.4, -0.2) is 78.2 Å². The number of fused-ring (bicyclic) bond motifs is 1. The molecule has 0 spiro atoms. The van der Waals surface area contributed by atoms with E-state index in [1.165, 1.54) is 10.9 Å². The van der Waals surface area contributed by atoms with Gasteiger partial charge in [0.25, 0.3) is 11.8 Å². The number of pyridine rings is 1. The van der Waals surface area contributed by atoms with Gasteiger partial charge in [-0.3, -0.25) is 19.1 Å². The summed E-state index contributed by atoms with van der Waals surface area (Å²) in [6.45, 7) is 2.08. The Balaban J connectivity index is 1.06. The molecule has 1 fully saturated rings. The van der Waals surface area contributed by atoms with Crippen LogP contribution in [-0.2, 0) is 16.1 Å². The van der Waals surface area contributed by atoms with E-state index in [1.54, 1.807) is 58.4 Å². The van der Waals surface area contributed by atoms with E-state index in [-0.39, 0.29) is 30.0 Å². The third-order valence-electron chi connectivity index (χ3n) is 7.02. The SMILES string of the molecule is O=C(Nc1ccc2nn(CC(=O)N3CCN(C(=O)C4=CCCC=C4)CC3)cc2c1)c1cccc(-n2cc(Cl)cn2)n1. The summed E-state index contributed by atoms with van der Waals surface area (Å²) in [5.41, 5.74) is 2.24. The molecule has 1 aliphatic carbocycles. The molecule has 1 N–H and O–H groups in total. The molecule has 4 aromatic rings. The largest absolute Gasteiger partial charge is 0.338 e. The average molecular weight is 571 g/mol. The Bertz CT molecular complexity index is 1700. The number of anilines is 1. The molecule has 1 aliphatic heterocycles. The lowest BCUT2D eigenvalue weighted by atomic mass is 10.1. The number of hydrogen-bond donors (Lipinski definition) is 1. The highest BCUT2D eigenvalue weighted by Gasteiger charge is 2.26. The first-order valence-corrected chi connectivity index (χ1v) is 13.7. The molecule has 208 valence electrons. The zero-order valence-corrected chi connectivity index (χ0v) is 22.9. The van der Waals surface area contributed by atoms with Crippen molar-refractivity contribution in [2.45, 2.75) is 19.4 Å². The first-order chi connectivity index (χ1) is 19.9. The molecule has 1 saturated heterocycles. The monoisotopic (exact) mass is 570 g/mol. The number of amides is 3. The normalized spacial score (nSPS) is 15.2. The van der Waals surface area contributed by atoms with Crippen LogP contribution in [0.5, 0.6) is 0 Å². The maximum absolute atomic E-state index is 13.0. The van der Waals surface area contributed by atoms with Crippen molar-refractivity contribution in [1.82, 2.24) is 34.3 Å². The van der Waals surface area contributed by atoms with E-state index in [0.29, 0.717) is 48.2 Å². The van der Waals surface area contributed by atoms with Gasteiger partial charge in [0.15, 0.2) is 5.82 Å². The van der Waals surface area contributed by atoms with E-state index < -0.39 is 0 Å². The molecule has 0 atom stereocenters. The van der Waals surface area contributed by atoms with Crippen molar-refractivity contribution >= 4 is 45.9 Å². The molecule has 0 saturated carbocycles. The van der Waals surface area contributed by atoms with Gasteiger partial charge in [0, 0.05) is 49.0 Å². The number of nitrogens with zero attached hydrogens (tertiary/aromatic N) is 7. The van der Waals surface area contributed by atoms with Crippen LogP contribution in [0.15, 0.2) is 78.8 Å². The summed E-state index contributed by atoms with van der Waals surface area (Å²) in [5, 5.41) is 12.8. The van der Waals surface area contributed by atoms with Gasteiger partial charge in [-0.15, -0.1) is 0 Å². The fourth-order valence-corrected chi connectivity index (χ4v) is 5.02. The molecule has 0 bridgehead atoms. The Morgan fingerprint density at radius 2 is 1.80 bits per heavy atom. The molecule has 1 aromatic carbocycles. The molecular weight excluding hydrogens is 544 g/mol. The Kier molecular flexibility index (Phi) is 7.34. The van der Waals surface area contributed by atoms with E-state index in [2.05, 4.69) is 20.5 Å². The van der Waals surface area contributed by atoms with Gasteiger partial charge in [-0.25, -0.2) is 9.67 Å². The summed E-state index contributed by atoms with van der Waals surface area (Å²) in [6, 6.07) is 10.4. The number of benzene rings is 1. The standard InChI is InChI=1S/C29H27ClN8O3/c30-22-16-31-38(18-22)26-8-4-7-25(33-26)28(40)32-23-9-10-24-21(15-23)17-37(34-24)19-27(39)35-11-13-36(14-12-35)29(41)20-5-2-1-3-6-20/h2,4-10,15-18H,1,3,11-14,19H2,(H,32,40). The molecule has 4 heterocycles. The number of hydrogen-bond acceptors (Lipinski definition) is 6. The Hall–Kier alpha value is -4.77. The van der Waals surface area contributed by atoms with Crippen LogP contribution in [0.25, 0.3) is 16.7 Å². The van der Waals surface area contributed by atoms with Gasteiger partial charge in [0.05, 0.1) is 22.9 Å². The van der Waals surface area contributed by atoms with Crippen molar-refractivity contribution in [2.75, 3.05) is 31.5 Å². The van der Waals surface area contributed by atoms with Crippen LogP contribution in [0.4, 0.5) is 5.69 Å². The molecule has 2 aliphatic rings. The van der Waals surface area contributed by atoms with Crippen LogP contribution < -0.4 is 5.32 Å². The van der Waals surface area contributed by atoms with Crippen molar-refractivity contribution in [2.24, 2.45) is 0 Å². The Morgan fingerprint density at radius 3 is 2.56 bits per heavy atom. The first kappa shape index (κ1) is 26.5. The van der Waals surface area contributed by atoms with Gasteiger partial charge in [0.1, 0.15) is 12.2 Å². The summed E-state index contributed by atoms with van der Waals surface area (Å²) in [7, 11) is 0. The van der Waals surface area contributed by atoms with E-state index >= 15 is 0 Å². The van der Waals surface area contributed by atoms with E-state index in [1.807, 2.05) is 23.1 Å². The maximum atomic E-state index is 13.0. The molecule has 0 radical (unpaired) electrons. The number of piperazine rings is 1. The molecule has 0 unspecified atom stereocenters. The second-order valence-corrected chi connectivity index (χ2v) is 10.3. The number of halogens is 1. The van der Waals surface area contributed by atoms with Crippen LogP contribution >= 0.6 is 11.6 Å². The number of carbonyl (C=O) groups excluding carboxylic acids is 3. The quantitative estimate of drug-likeness (QED) is 0.379. The highest BCUT2D eigenvalue weighted by atomic mass is 35.5. The topological polar surface area (TPSA) is 118 Å². The highest BCUT2D eigenvalue weighted by molar-refractivity contribution is 6.30. The van der Waals surface area contributed by atoms with E-state index in [0.717, 1.165) is 23.8 Å². The van der Waals surface area contributed by atoms with Gasteiger partial charge < -0.3 is 15.1 Å². The third-order valence-corrected chi connectivity index (χ3v) is 7.22. The lowest BCUT2D eigenvalue weighted by Crippen LogP contribution is -2.51. The lowest BCUT2D eigenvalue weighted by Gasteiger charge is -2.35. The number of aromatic nitrogens is 5. The highest BCUT2D eigenvalue weighted by Crippen LogP contribution is 2.20. The van der Waals surface area contributed by atoms with Gasteiger partial charge in [-0.05, 0) is 43.2 Å². The van der Waals surface area contributed by atoms with Gasteiger partial charge >= 0.3 is 0 Å². The minimum Gasteiger partial charge on any atom is -0.338 e. The van der Waals surface area contributed by atoms with Gasteiger partial charge in [0.2, 0.25) is 5.91 Å². The summed E-state index contributed by atoms with van der Waals surface area (Å²) in [6.07, 6.45) is 12.6. The van der Waals surface area contributed by atoms with Gasteiger partial charge in [-0.1, -0.05) is 35.9 Å². The predicted octanol–water partition coefficient (Wildman–Crippen LogP) is 3.47. The fourth-order valence-electron chi connectivity index (χ4n) is 4.89. The number of rotatable bonds is 6. The van der Waals surface area contributed by atoms with Crippen molar-refractivity contribution in [1.29, 1.82) is 0 Å². The molecule has 41 heavy (non-hydrogen) atoms. The van der Waals surface area contributed by atoms with Crippen molar-refractivity contribution in [3.05, 3.63) is 89.5 Å². The molecule has 6 rings (SSSR count). The number of carbonyl (C=O) groups is 3. The molecular formula is C29H27ClN8O3. The molecule has 3 amide bonds. The number of nitrogens with one attached hydrogen (secondary N) is 1. The van der Waals surface area contributed by atoms with Crippen molar-refractivity contribution < 1.29 is 14.4 Å². The number of allylic oxidation sites excluding steroid dienone is 2. The van der Waals surface area contributed by atoms with E-state index in [4.69, 9.17) is 11.6 Å². The van der Waals surface area contributed by atoms with Crippen molar-refractivity contribution in [3.8, 4) is 5.82 Å². The minimum atomic E-state index is -0.375. The second kappa shape index (κ2) is 11.4. The van der Waals surface area contributed by atoms with Gasteiger partial charge in [-0.2, -0.15) is 10.2 Å². The first-order valence-electron chi connectivity index (χ1n) is 13.3.